The van der Waals surface area contributed by atoms with Gasteiger partial charge in [-0.25, -0.2) is 4.39 Å². The molecule has 0 aliphatic carbocycles. The predicted molar refractivity (Wildman–Crippen MR) is 102 cm³/mol. The molecule has 0 spiro atoms. The molecule has 0 saturated carbocycles. The standard InChI is InChI=1S/C19H27ClFN3O2/c1-3-22-19(23-11-8-15-16(20)6-5-7-17(15)21)24-12-9-14(10-13-24)18(25)26-4-2/h5-7,14H,3-4,8-13H2,1-2H3,(H,22,23). The summed E-state index contributed by atoms with van der Waals surface area (Å²) in [5.41, 5.74) is 0.495. The molecule has 144 valence electrons. The zero-order chi connectivity index (χ0) is 18.9. The van der Waals surface area contributed by atoms with Crippen LogP contribution in [0, 0.1) is 11.7 Å². The Morgan fingerprint density at radius 3 is 2.73 bits per heavy atom. The first-order valence-corrected chi connectivity index (χ1v) is 9.57. The lowest BCUT2D eigenvalue weighted by Gasteiger charge is -2.33. The van der Waals surface area contributed by atoms with E-state index in [9.17, 15) is 9.18 Å². The largest absolute Gasteiger partial charge is 0.466 e. The molecule has 7 heteroatoms. The molecule has 2 rings (SSSR count). The van der Waals surface area contributed by atoms with Crippen LogP contribution in [0.15, 0.2) is 23.2 Å². The van der Waals surface area contributed by atoms with Crippen LogP contribution < -0.4 is 5.32 Å². The highest BCUT2D eigenvalue weighted by Gasteiger charge is 2.27. The van der Waals surface area contributed by atoms with Gasteiger partial charge in [0.25, 0.3) is 0 Å². The van der Waals surface area contributed by atoms with Gasteiger partial charge >= 0.3 is 5.97 Å². The summed E-state index contributed by atoms with van der Waals surface area (Å²) in [4.78, 5) is 18.6. The molecule has 1 heterocycles. The predicted octanol–water partition coefficient (Wildman–Crippen LogP) is 3.26. The molecule has 1 N–H and O–H groups in total. The number of esters is 1. The number of hydrogen-bond acceptors (Lipinski definition) is 3. The molecule has 0 atom stereocenters. The normalized spacial score (nSPS) is 15.8. The number of nitrogens with zero attached hydrogens (tertiary/aromatic N) is 2. The van der Waals surface area contributed by atoms with E-state index in [1.54, 1.807) is 12.1 Å². The van der Waals surface area contributed by atoms with E-state index in [2.05, 4.69) is 15.2 Å². The minimum Gasteiger partial charge on any atom is -0.466 e. The minimum atomic E-state index is -0.298. The third kappa shape index (κ3) is 5.59. The summed E-state index contributed by atoms with van der Waals surface area (Å²) in [6.07, 6.45) is 1.95. The molecule has 1 aromatic carbocycles. The van der Waals surface area contributed by atoms with E-state index in [4.69, 9.17) is 16.3 Å². The number of guanidine groups is 1. The molecule has 0 unspecified atom stereocenters. The number of benzene rings is 1. The Bertz CT molecular complexity index is 611. The Kier molecular flexibility index (Phi) is 8.16. The van der Waals surface area contributed by atoms with Gasteiger partial charge in [-0.05, 0) is 45.2 Å². The highest BCUT2D eigenvalue weighted by atomic mass is 35.5. The zero-order valence-electron chi connectivity index (χ0n) is 15.4. The average molecular weight is 384 g/mol. The Morgan fingerprint density at radius 1 is 1.38 bits per heavy atom. The maximum absolute atomic E-state index is 13.9. The van der Waals surface area contributed by atoms with Crippen molar-refractivity contribution in [2.24, 2.45) is 10.9 Å². The lowest BCUT2D eigenvalue weighted by Crippen LogP contribution is -2.46. The second kappa shape index (κ2) is 10.4. The van der Waals surface area contributed by atoms with Gasteiger partial charge in [0.2, 0.25) is 0 Å². The molecule has 0 radical (unpaired) electrons. The summed E-state index contributed by atoms with van der Waals surface area (Å²) in [6.45, 7) is 6.94. The van der Waals surface area contributed by atoms with Crippen LogP contribution in [0.1, 0.15) is 32.3 Å². The van der Waals surface area contributed by atoms with Gasteiger partial charge in [-0.2, -0.15) is 0 Å². The van der Waals surface area contributed by atoms with Crippen LogP contribution in [0.25, 0.3) is 0 Å². The molecule has 1 saturated heterocycles. The van der Waals surface area contributed by atoms with Crippen LogP contribution in [0.2, 0.25) is 5.02 Å². The van der Waals surface area contributed by atoms with Gasteiger partial charge in [0.1, 0.15) is 5.82 Å². The van der Waals surface area contributed by atoms with Gasteiger partial charge in [0, 0.05) is 36.8 Å². The molecule has 1 aromatic rings. The van der Waals surface area contributed by atoms with Crippen molar-refractivity contribution < 1.29 is 13.9 Å². The number of piperidine rings is 1. The van der Waals surface area contributed by atoms with Crippen LogP contribution in [-0.2, 0) is 16.0 Å². The number of rotatable bonds is 6. The van der Waals surface area contributed by atoms with Gasteiger partial charge in [0.15, 0.2) is 5.96 Å². The number of carbonyl (C=O) groups is 1. The second-order valence-corrected chi connectivity index (χ2v) is 6.61. The van der Waals surface area contributed by atoms with Crippen molar-refractivity contribution in [3.63, 3.8) is 0 Å². The Morgan fingerprint density at radius 2 is 2.12 bits per heavy atom. The van der Waals surface area contributed by atoms with Crippen LogP contribution in [-0.4, -0.2) is 49.6 Å². The fourth-order valence-electron chi connectivity index (χ4n) is 3.06. The van der Waals surface area contributed by atoms with E-state index < -0.39 is 0 Å². The fourth-order valence-corrected chi connectivity index (χ4v) is 3.32. The molecule has 0 bridgehead atoms. The maximum Gasteiger partial charge on any atom is 0.309 e. The number of hydrogen-bond donors (Lipinski definition) is 1. The molecule has 26 heavy (non-hydrogen) atoms. The van der Waals surface area contributed by atoms with Gasteiger partial charge in [-0.3, -0.25) is 9.79 Å². The van der Waals surface area contributed by atoms with E-state index >= 15 is 0 Å². The first-order valence-electron chi connectivity index (χ1n) is 9.19. The minimum absolute atomic E-state index is 0.0358. The highest BCUT2D eigenvalue weighted by molar-refractivity contribution is 6.31. The monoisotopic (exact) mass is 383 g/mol. The lowest BCUT2D eigenvalue weighted by molar-refractivity contribution is -0.149. The summed E-state index contributed by atoms with van der Waals surface area (Å²) in [7, 11) is 0. The van der Waals surface area contributed by atoms with E-state index in [1.165, 1.54) is 6.07 Å². The van der Waals surface area contributed by atoms with Crippen molar-refractivity contribution in [2.45, 2.75) is 33.1 Å². The van der Waals surface area contributed by atoms with Crippen LogP contribution in [0.3, 0.4) is 0 Å². The van der Waals surface area contributed by atoms with Crippen LogP contribution in [0.4, 0.5) is 4.39 Å². The summed E-state index contributed by atoms with van der Waals surface area (Å²) in [6, 6.07) is 4.70. The third-order valence-corrected chi connectivity index (χ3v) is 4.79. The van der Waals surface area contributed by atoms with E-state index in [0.29, 0.717) is 30.2 Å². The zero-order valence-corrected chi connectivity index (χ0v) is 16.2. The fraction of sp³-hybridized carbons (Fsp3) is 0.579. The van der Waals surface area contributed by atoms with Crippen molar-refractivity contribution in [1.82, 2.24) is 10.2 Å². The molecule has 0 amide bonds. The first-order chi connectivity index (χ1) is 12.6. The summed E-state index contributed by atoms with van der Waals surface area (Å²) >= 11 is 6.07. The molecule has 5 nitrogen and oxygen atoms in total. The number of likely N-dealkylation sites (tertiary alicyclic amines) is 1. The summed E-state index contributed by atoms with van der Waals surface area (Å²) in [5, 5.41) is 3.70. The molecular formula is C19H27ClFN3O2. The smallest absolute Gasteiger partial charge is 0.309 e. The van der Waals surface area contributed by atoms with E-state index in [0.717, 1.165) is 38.4 Å². The van der Waals surface area contributed by atoms with Crippen molar-refractivity contribution in [3.8, 4) is 0 Å². The quantitative estimate of drug-likeness (QED) is 0.465. The first kappa shape index (κ1) is 20.5. The van der Waals surface area contributed by atoms with Crippen molar-refractivity contribution in [2.75, 3.05) is 32.8 Å². The molecular weight excluding hydrogens is 357 g/mol. The SMILES string of the molecule is CCNC(=NCCc1c(F)cccc1Cl)N1CCC(C(=O)OCC)CC1. The summed E-state index contributed by atoms with van der Waals surface area (Å²) < 4.78 is 19.0. The Hall–Kier alpha value is -1.82. The highest BCUT2D eigenvalue weighted by Crippen LogP contribution is 2.20. The number of carbonyl (C=O) groups excluding carboxylic acids is 1. The van der Waals surface area contributed by atoms with Gasteiger partial charge in [-0.15, -0.1) is 0 Å². The number of nitrogens with one attached hydrogen (secondary N) is 1. The number of halogens is 2. The van der Waals surface area contributed by atoms with Gasteiger partial charge < -0.3 is 15.0 Å². The van der Waals surface area contributed by atoms with Crippen LogP contribution in [0.5, 0.6) is 0 Å². The number of ether oxygens (including phenoxy) is 1. The lowest BCUT2D eigenvalue weighted by atomic mass is 9.97. The van der Waals surface area contributed by atoms with E-state index in [-0.39, 0.29) is 17.7 Å². The number of aliphatic imine (C=N–C) groups is 1. The van der Waals surface area contributed by atoms with E-state index in [1.807, 2.05) is 13.8 Å². The average Bonchev–Trinajstić information content (AvgIpc) is 2.63. The van der Waals surface area contributed by atoms with Crippen molar-refractivity contribution >= 4 is 23.5 Å². The second-order valence-electron chi connectivity index (χ2n) is 6.20. The van der Waals surface area contributed by atoms with Gasteiger partial charge in [-0.1, -0.05) is 17.7 Å². The maximum atomic E-state index is 13.9. The molecule has 1 aliphatic rings. The Labute approximate surface area is 159 Å². The van der Waals surface area contributed by atoms with Crippen molar-refractivity contribution in [3.05, 3.63) is 34.6 Å². The summed E-state index contributed by atoms with van der Waals surface area (Å²) in [5.74, 6) is 0.352. The topological polar surface area (TPSA) is 53.9 Å². The molecule has 1 fully saturated rings. The van der Waals surface area contributed by atoms with Gasteiger partial charge in [0.05, 0.1) is 12.5 Å². The molecule has 0 aromatic heterocycles. The van der Waals surface area contributed by atoms with Crippen molar-refractivity contribution in [1.29, 1.82) is 0 Å². The third-order valence-electron chi connectivity index (χ3n) is 4.43. The Balaban J connectivity index is 1.94. The van der Waals surface area contributed by atoms with Crippen LogP contribution >= 0.6 is 11.6 Å². The molecule has 1 aliphatic heterocycles.